The summed E-state index contributed by atoms with van der Waals surface area (Å²) < 4.78 is 26.3. The molecule has 0 atom stereocenters. The smallest absolute Gasteiger partial charge is 0.327 e. The van der Waals surface area contributed by atoms with Gasteiger partial charge in [0.1, 0.15) is 11.5 Å². The van der Waals surface area contributed by atoms with Gasteiger partial charge in [-0.15, -0.1) is 0 Å². The average molecular weight is 254 g/mol. The zero-order chi connectivity index (χ0) is 13.1. The normalized spacial score (nSPS) is 10.3. The molecule has 1 aromatic heterocycles. The highest BCUT2D eigenvalue weighted by atomic mass is 19.1. The van der Waals surface area contributed by atoms with Crippen molar-refractivity contribution in [2.75, 3.05) is 5.32 Å². The molecule has 0 radical (unpaired) electrons. The lowest BCUT2D eigenvalue weighted by atomic mass is 10.2. The first kappa shape index (κ1) is 12.0. The predicted molar refractivity (Wildman–Crippen MR) is 58.9 cm³/mol. The molecule has 0 spiro atoms. The van der Waals surface area contributed by atoms with E-state index in [0.29, 0.717) is 11.8 Å². The number of rotatable bonds is 4. The average Bonchev–Trinajstić information content (AvgIpc) is 2.77. The minimum atomic E-state index is -1.22. The summed E-state index contributed by atoms with van der Waals surface area (Å²) in [4.78, 5) is 16.3. The minimum Gasteiger partial charge on any atom is -0.374 e. The number of nitrogens with zero attached hydrogens (tertiary/aromatic N) is 2. The van der Waals surface area contributed by atoms with E-state index in [9.17, 15) is 18.9 Å². The van der Waals surface area contributed by atoms with Gasteiger partial charge in [-0.2, -0.15) is 4.39 Å². The number of H-pyrrole nitrogens is 1. The Morgan fingerprint density at radius 1 is 1.44 bits per heavy atom. The molecule has 18 heavy (non-hydrogen) atoms. The summed E-state index contributed by atoms with van der Waals surface area (Å²) in [5, 5.41) is 13.3. The van der Waals surface area contributed by atoms with E-state index in [4.69, 9.17) is 0 Å². The fourth-order valence-electron chi connectivity index (χ4n) is 1.46. The van der Waals surface area contributed by atoms with Crippen LogP contribution in [-0.4, -0.2) is 14.9 Å². The fourth-order valence-corrected chi connectivity index (χ4v) is 1.46. The molecular formula is C10H8F2N4O2. The summed E-state index contributed by atoms with van der Waals surface area (Å²) >= 11 is 0. The molecule has 1 aromatic carbocycles. The molecule has 0 fully saturated rings. The number of benzene rings is 1. The van der Waals surface area contributed by atoms with Gasteiger partial charge in [-0.3, -0.25) is 10.1 Å². The van der Waals surface area contributed by atoms with E-state index in [1.807, 2.05) is 0 Å². The Hall–Kier alpha value is -2.51. The molecule has 0 aliphatic carbocycles. The van der Waals surface area contributed by atoms with Crippen molar-refractivity contribution in [2.45, 2.75) is 6.54 Å². The van der Waals surface area contributed by atoms with Crippen molar-refractivity contribution in [3.8, 4) is 0 Å². The Labute approximate surface area is 99.8 Å². The highest BCUT2D eigenvalue weighted by molar-refractivity contribution is 5.62. The van der Waals surface area contributed by atoms with Gasteiger partial charge in [0.25, 0.3) is 0 Å². The molecule has 0 saturated carbocycles. The summed E-state index contributed by atoms with van der Waals surface area (Å²) in [7, 11) is 0. The van der Waals surface area contributed by atoms with Crippen LogP contribution in [-0.2, 0) is 6.54 Å². The van der Waals surface area contributed by atoms with Gasteiger partial charge in [0.15, 0.2) is 0 Å². The van der Waals surface area contributed by atoms with Gasteiger partial charge in [0, 0.05) is 18.3 Å². The fraction of sp³-hybridized carbons (Fsp3) is 0.100. The SMILES string of the molecule is O=[N+]([O-])c1c(F)cc(F)cc1NCc1cnc[nH]1. The number of aromatic amines is 1. The Balaban J connectivity index is 2.28. The van der Waals surface area contributed by atoms with Crippen molar-refractivity contribution in [1.29, 1.82) is 0 Å². The van der Waals surface area contributed by atoms with E-state index in [1.54, 1.807) is 0 Å². The molecule has 1 heterocycles. The monoisotopic (exact) mass is 254 g/mol. The number of aromatic nitrogens is 2. The van der Waals surface area contributed by atoms with E-state index in [1.165, 1.54) is 12.5 Å². The molecule has 0 unspecified atom stereocenters. The molecule has 2 rings (SSSR count). The highest BCUT2D eigenvalue weighted by Crippen LogP contribution is 2.28. The molecule has 0 saturated heterocycles. The van der Waals surface area contributed by atoms with Gasteiger partial charge < -0.3 is 10.3 Å². The lowest BCUT2D eigenvalue weighted by molar-refractivity contribution is -0.386. The molecule has 6 nitrogen and oxygen atoms in total. The number of imidazole rings is 1. The largest absolute Gasteiger partial charge is 0.374 e. The van der Waals surface area contributed by atoms with E-state index in [-0.39, 0.29) is 12.2 Å². The lowest BCUT2D eigenvalue weighted by Crippen LogP contribution is -2.05. The first-order chi connectivity index (χ1) is 8.58. The Kier molecular flexibility index (Phi) is 3.18. The predicted octanol–water partition coefficient (Wildman–Crippen LogP) is 2.21. The minimum absolute atomic E-state index is 0.143. The van der Waals surface area contributed by atoms with Gasteiger partial charge in [0.2, 0.25) is 5.82 Å². The molecule has 2 N–H and O–H groups in total. The van der Waals surface area contributed by atoms with E-state index >= 15 is 0 Å². The third-order valence-electron chi connectivity index (χ3n) is 2.23. The maximum atomic E-state index is 13.3. The van der Waals surface area contributed by atoms with Crippen LogP contribution in [0.2, 0.25) is 0 Å². The zero-order valence-corrected chi connectivity index (χ0v) is 8.98. The molecule has 0 aliphatic heterocycles. The Morgan fingerprint density at radius 3 is 2.83 bits per heavy atom. The van der Waals surface area contributed by atoms with Crippen LogP contribution >= 0.6 is 0 Å². The van der Waals surface area contributed by atoms with Gasteiger partial charge in [0.05, 0.1) is 23.5 Å². The van der Waals surface area contributed by atoms with Crippen LogP contribution in [0, 0.1) is 21.7 Å². The van der Waals surface area contributed by atoms with Crippen molar-refractivity contribution >= 4 is 11.4 Å². The number of nitro groups is 1. The third-order valence-corrected chi connectivity index (χ3v) is 2.23. The summed E-state index contributed by atoms with van der Waals surface area (Å²) in [5.74, 6) is -2.10. The second-order valence-corrected chi connectivity index (χ2v) is 3.47. The van der Waals surface area contributed by atoms with Crippen molar-refractivity contribution in [1.82, 2.24) is 9.97 Å². The van der Waals surface area contributed by atoms with Crippen LogP contribution in [0.3, 0.4) is 0 Å². The molecule has 8 heteroatoms. The van der Waals surface area contributed by atoms with Crippen molar-refractivity contribution in [3.63, 3.8) is 0 Å². The number of nitro benzene ring substituents is 1. The van der Waals surface area contributed by atoms with E-state index < -0.39 is 22.2 Å². The van der Waals surface area contributed by atoms with Crippen LogP contribution in [0.15, 0.2) is 24.7 Å². The first-order valence-electron chi connectivity index (χ1n) is 4.92. The van der Waals surface area contributed by atoms with E-state index in [0.717, 1.165) is 6.07 Å². The maximum Gasteiger partial charge on any atom is 0.327 e. The Morgan fingerprint density at radius 2 is 2.22 bits per heavy atom. The van der Waals surface area contributed by atoms with Crippen molar-refractivity contribution in [2.24, 2.45) is 0 Å². The third kappa shape index (κ3) is 2.42. The zero-order valence-electron chi connectivity index (χ0n) is 8.98. The highest BCUT2D eigenvalue weighted by Gasteiger charge is 2.21. The second-order valence-electron chi connectivity index (χ2n) is 3.47. The molecule has 94 valence electrons. The van der Waals surface area contributed by atoms with Crippen molar-refractivity contribution < 1.29 is 13.7 Å². The number of nitrogens with one attached hydrogen (secondary N) is 2. The molecule has 0 amide bonds. The quantitative estimate of drug-likeness (QED) is 0.647. The van der Waals surface area contributed by atoms with Crippen LogP contribution in [0.1, 0.15) is 5.69 Å². The van der Waals surface area contributed by atoms with Crippen molar-refractivity contribution in [3.05, 3.63) is 52.1 Å². The summed E-state index contributed by atoms with van der Waals surface area (Å²) in [5.41, 5.74) is -0.364. The van der Waals surface area contributed by atoms with Crippen LogP contribution in [0.25, 0.3) is 0 Å². The standard InChI is InChI=1S/C10H8F2N4O2/c11-6-1-8(12)10(16(17)18)9(2-6)14-4-7-3-13-5-15-7/h1-3,5,14H,4H2,(H,13,15). The summed E-state index contributed by atoms with van der Waals surface area (Å²) in [6.07, 6.45) is 2.92. The lowest BCUT2D eigenvalue weighted by Gasteiger charge is -2.06. The van der Waals surface area contributed by atoms with E-state index in [2.05, 4.69) is 15.3 Å². The topological polar surface area (TPSA) is 83.8 Å². The Bertz CT molecular complexity index is 572. The van der Waals surface area contributed by atoms with Crippen LogP contribution < -0.4 is 5.32 Å². The molecular weight excluding hydrogens is 246 g/mol. The number of anilines is 1. The van der Waals surface area contributed by atoms with Gasteiger partial charge >= 0.3 is 5.69 Å². The summed E-state index contributed by atoms with van der Waals surface area (Å²) in [6, 6.07) is 1.34. The number of hydrogen-bond donors (Lipinski definition) is 2. The molecule has 2 aromatic rings. The van der Waals surface area contributed by atoms with Gasteiger partial charge in [-0.25, -0.2) is 9.37 Å². The number of halogens is 2. The van der Waals surface area contributed by atoms with Gasteiger partial charge in [-0.05, 0) is 0 Å². The number of hydrogen-bond acceptors (Lipinski definition) is 4. The first-order valence-corrected chi connectivity index (χ1v) is 4.92. The second kappa shape index (κ2) is 4.78. The summed E-state index contributed by atoms with van der Waals surface area (Å²) in [6.45, 7) is 0.143. The maximum absolute atomic E-state index is 13.3. The van der Waals surface area contributed by atoms with Crippen LogP contribution in [0.4, 0.5) is 20.2 Å². The van der Waals surface area contributed by atoms with Crippen LogP contribution in [0.5, 0.6) is 0 Å². The van der Waals surface area contributed by atoms with Gasteiger partial charge in [-0.1, -0.05) is 0 Å². The molecule has 0 aliphatic rings. The molecule has 0 bridgehead atoms.